The lowest BCUT2D eigenvalue weighted by molar-refractivity contribution is -0.382. The Morgan fingerprint density at radius 1 is 0.324 bits per heavy atom. The van der Waals surface area contributed by atoms with Gasteiger partial charge >= 0.3 is 105 Å². The lowest BCUT2D eigenvalue weighted by Gasteiger charge is -2.35. The Hall–Kier alpha value is -5.94. The second-order valence-corrected chi connectivity index (χ2v) is 27.2. The van der Waals surface area contributed by atoms with E-state index in [4.69, 9.17) is 0 Å². The molecule has 0 atom stereocenters. The molecule has 0 aromatic carbocycles. The first-order chi connectivity index (χ1) is 46.1. The third-order valence-corrected chi connectivity index (χ3v) is 20.3. The maximum Gasteiger partial charge on any atom is 0.460 e. The highest BCUT2D eigenvalue weighted by Crippen LogP contribution is 2.58. The van der Waals surface area contributed by atoms with Gasteiger partial charge in [-0.25, -0.2) is 67.7 Å². The molecular formula is C48H66F27N9O15S3. The van der Waals surface area contributed by atoms with E-state index in [1.54, 1.807) is 0 Å². The number of likely N-dealkylation sites (N-methyl/N-ethyl adjacent to an activating group) is 3. The molecule has 102 heavy (non-hydrogen) atoms. The predicted molar refractivity (Wildman–Crippen MR) is 294 cm³/mol. The standard InChI is InChI=1S/C48H66F27N9O15S3/c1-4-79(100(91,92)46(70,71)40(55,56)37(49,50)43(61,62)63)25-28-97-31(85)76-19-13-7-10-16-22-82-34(88)83(23-17-11-8-14-20-77-32(86)98-29-26-80(5-2)101(93,94)47(72,73)41(57,58)38(51,52)44(64,65)66)36(90)84(35(82)89)24-18-12-9-15-21-78-33(87)99-30-27-81(6-3)102(95,96)48(74,75)42(59,60)39(53,54)45(67,68)69/h4-30H2,1-3H3,(H,76,85)(H,77,86)(H,78,87). The number of unbranched alkanes of at least 4 members (excludes halogenated alkanes) is 9. The Morgan fingerprint density at radius 2 is 0.510 bits per heavy atom. The molecule has 0 aliphatic rings. The first kappa shape index (κ1) is 94.1. The number of aromatic nitrogens is 3. The van der Waals surface area contributed by atoms with Gasteiger partial charge < -0.3 is 30.2 Å². The molecule has 3 N–H and O–H groups in total. The number of hydrogen-bond donors (Lipinski definition) is 3. The van der Waals surface area contributed by atoms with Gasteiger partial charge in [0.2, 0.25) is 0 Å². The lowest BCUT2D eigenvalue weighted by atomic mass is 10.1. The van der Waals surface area contributed by atoms with Crippen LogP contribution in [0.4, 0.5) is 133 Å². The fourth-order valence-electron chi connectivity index (χ4n) is 8.35. The van der Waals surface area contributed by atoms with Crippen LogP contribution < -0.4 is 33.0 Å². The number of halogens is 27. The van der Waals surface area contributed by atoms with Crippen molar-refractivity contribution in [3.8, 4) is 0 Å². The van der Waals surface area contributed by atoms with Crippen molar-refractivity contribution in [2.75, 3.05) is 78.7 Å². The quantitative estimate of drug-likeness (QED) is 0.0311. The molecule has 0 aliphatic carbocycles. The van der Waals surface area contributed by atoms with Crippen LogP contribution >= 0.6 is 0 Å². The minimum Gasteiger partial charge on any atom is -0.448 e. The molecule has 0 spiro atoms. The Kier molecular flexibility index (Phi) is 33.1. The summed E-state index contributed by atoms with van der Waals surface area (Å²) in [6.07, 6.45) is -25.5. The molecule has 600 valence electrons. The van der Waals surface area contributed by atoms with E-state index in [1.807, 2.05) is 0 Å². The second kappa shape index (κ2) is 35.9. The summed E-state index contributed by atoms with van der Waals surface area (Å²) < 4.78 is 449. The fraction of sp³-hybridized carbons (Fsp3) is 0.875. The second-order valence-electron chi connectivity index (χ2n) is 21.2. The van der Waals surface area contributed by atoms with E-state index in [9.17, 15) is 173 Å². The summed E-state index contributed by atoms with van der Waals surface area (Å²) in [5.41, 5.74) is -3.46. The van der Waals surface area contributed by atoms with E-state index < -0.39 is 227 Å². The molecule has 0 bridgehead atoms. The maximum absolute atomic E-state index is 14.3. The zero-order valence-electron chi connectivity index (χ0n) is 52.8. The minimum atomic E-state index is -7.55. The number of ether oxygens (including phenoxy) is 3. The van der Waals surface area contributed by atoms with E-state index >= 15 is 0 Å². The van der Waals surface area contributed by atoms with Crippen molar-refractivity contribution < 1.29 is 172 Å². The van der Waals surface area contributed by atoms with Gasteiger partial charge in [-0.2, -0.15) is 131 Å². The van der Waals surface area contributed by atoms with Crippen molar-refractivity contribution in [2.24, 2.45) is 0 Å². The van der Waals surface area contributed by atoms with Crippen LogP contribution in [-0.2, 0) is 63.9 Å². The predicted octanol–water partition coefficient (Wildman–Crippen LogP) is 9.26. The van der Waals surface area contributed by atoms with Crippen LogP contribution in [0.5, 0.6) is 0 Å². The van der Waals surface area contributed by atoms with Gasteiger partial charge in [0.15, 0.2) is 0 Å². The summed E-state index contributed by atoms with van der Waals surface area (Å²) in [6, 6.07) is 0. The van der Waals surface area contributed by atoms with Crippen LogP contribution in [0.25, 0.3) is 0 Å². The maximum atomic E-state index is 14.3. The van der Waals surface area contributed by atoms with Crippen LogP contribution in [0, 0.1) is 0 Å². The Morgan fingerprint density at radius 3 is 0.686 bits per heavy atom. The van der Waals surface area contributed by atoms with Gasteiger partial charge in [0.25, 0.3) is 30.1 Å². The lowest BCUT2D eigenvalue weighted by Crippen LogP contribution is -2.65. The normalized spacial score (nSPS) is 14.2. The van der Waals surface area contributed by atoms with Crippen molar-refractivity contribution in [1.82, 2.24) is 42.6 Å². The van der Waals surface area contributed by atoms with E-state index in [0.29, 0.717) is 34.5 Å². The van der Waals surface area contributed by atoms with Gasteiger partial charge in [0.05, 0.1) is 0 Å². The van der Waals surface area contributed by atoms with Gasteiger partial charge in [-0.3, -0.25) is 0 Å². The molecule has 0 fully saturated rings. The molecule has 0 radical (unpaired) electrons. The van der Waals surface area contributed by atoms with Crippen LogP contribution in [0.1, 0.15) is 97.8 Å². The summed E-state index contributed by atoms with van der Waals surface area (Å²) in [6.45, 7) is -11.9. The number of nitrogens with zero attached hydrogens (tertiary/aromatic N) is 6. The highest BCUT2D eigenvalue weighted by atomic mass is 32.2. The number of sulfonamides is 3. The van der Waals surface area contributed by atoms with Crippen LogP contribution in [0.2, 0.25) is 0 Å². The summed E-state index contributed by atoms with van der Waals surface area (Å²) >= 11 is 0. The molecule has 24 nitrogen and oxygen atoms in total. The molecule has 3 amide bonds. The van der Waals surface area contributed by atoms with E-state index in [1.165, 1.54) is 0 Å². The van der Waals surface area contributed by atoms with Crippen LogP contribution in [-0.4, -0.2) is 219 Å². The summed E-state index contributed by atoms with van der Waals surface area (Å²) in [7, 11) is -21.1. The van der Waals surface area contributed by atoms with Gasteiger partial charge in [-0.15, -0.1) is 0 Å². The molecule has 0 saturated carbocycles. The van der Waals surface area contributed by atoms with Crippen LogP contribution in [0.3, 0.4) is 0 Å². The Bertz CT molecular complexity index is 3080. The minimum absolute atomic E-state index is 0.0298. The molecule has 1 heterocycles. The zero-order valence-corrected chi connectivity index (χ0v) is 55.3. The third kappa shape index (κ3) is 20.8. The third-order valence-electron chi connectivity index (χ3n) is 14.2. The first-order valence-corrected chi connectivity index (χ1v) is 33.7. The highest BCUT2D eigenvalue weighted by molar-refractivity contribution is 7.90. The molecule has 54 heteroatoms. The fourth-order valence-corrected chi connectivity index (χ4v) is 12.6. The number of nitrogens with one attached hydrogen (secondary N) is 3. The number of amides is 3. The Balaban J connectivity index is 3.09. The van der Waals surface area contributed by atoms with Crippen molar-refractivity contribution in [3.63, 3.8) is 0 Å². The number of hydrogen-bond acceptors (Lipinski definition) is 15. The zero-order chi connectivity index (χ0) is 79.8. The van der Waals surface area contributed by atoms with E-state index in [2.05, 4.69) is 30.2 Å². The summed E-state index contributed by atoms with van der Waals surface area (Å²) in [4.78, 5) is 77.3. The molecule has 1 rings (SSSR count). The van der Waals surface area contributed by atoms with Gasteiger partial charge in [-0.05, 0) is 38.5 Å². The molecule has 0 unspecified atom stereocenters. The van der Waals surface area contributed by atoms with Gasteiger partial charge in [0, 0.05) is 78.5 Å². The molecule has 0 saturated heterocycles. The SMILES string of the molecule is CCN(CCOC(=O)NCCCCCCn1c(=O)n(CCCCCCNC(=O)OCCN(CC)S(=O)(=O)C(F)(F)C(F)(F)C(F)(F)C(F)(F)F)c(=O)n(CCCCCCNC(=O)OCCN(CC)S(=O)(=O)C(F)(F)C(F)(F)C(F)(F)C(F)(F)F)c1=O)S(=O)(=O)C(F)(F)C(F)(F)C(F)(F)C(F)(F)F. The largest absolute Gasteiger partial charge is 0.460 e. The number of alkyl carbamates (subject to hydrolysis) is 3. The number of alkyl halides is 27. The van der Waals surface area contributed by atoms with Crippen molar-refractivity contribution >= 4 is 48.3 Å². The average Bonchev–Trinajstić information content (AvgIpc) is 0.733. The van der Waals surface area contributed by atoms with Crippen LogP contribution in [0.15, 0.2) is 14.4 Å². The number of carbonyl (C=O) groups excluding carboxylic acids is 3. The average molecular weight is 1620 g/mol. The van der Waals surface area contributed by atoms with Crippen molar-refractivity contribution in [3.05, 3.63) is 31.5 Å². The first-order valence-electron chi connectivity index (χ1n) is 29.3. The van der Waals surface area contributed by atoms with E-state index in [0.717, 1.165) is 0 Å². The summed E-state index contributed by atoms with van der Waals surface area (Å²) in [5, 5.41) is -14.9. The van der Waals surface area contributed by atoms with Gasteiger partial charge in [-0.1, -0.05) is 59.3 Å². The van der Waals surface area contributed by atoms with Crippen molar-refractivity contribution in [1.29, 1.82) is 0 Å². The topological polar surface area (TPSA) is 293 Å². The summed E-state index contributed by atoms with van der Waals surface area (Å²) in [5.74, 6) is -45.3. The smallest absolute Gasteiger partial charge is 0.448 e. The molecule has 0 aliphatic heterocycles. The molecule has 1 aromatic heterocycles. The monoisotopic (exact) mass is 1620 g/mol. The Labute approximate surface area is 559 Å². The molecule has 1 aromatic rings. The highest BCUT2D eigenvalue weighted by Gasteiger charge is 2.88. The van der Waals surface area contributed by atoms with E-state index in [-0.39, 0.29) is 96.7 Å². The number of carbonyl (C=O) groups is 3. The molecular weight excluding hydrogens is 1550 g/mol. The van der Waals surface area contributed by atoms with Gasteiger partial charge in [0.1, 0.15) is 19.8 Å². The van der Waals surface area contributed by atoms with Crippen molar-refractivity contribution in [2.45, 2.75) is 187 Å². The number of rotatable bonds is 45.